The van der Waals surface area contributed by atoms with Crippen LogP contribution in [0, 0.1) is 0 Å². The molecule has 0 unspecified atom stereocenters. The molecular formula is C20H14Br2N2OS. The lowest BCUT2D eigenvalue weighted by atomic mass is 9.98. The van der Waals surface area contributed by atoms with Crippen LogP contribution >= 0.6 is 43.2 Å². The Bertz CT molecular complexity index is 986. The minimum absolute atomic E-state index is 0.182. The molecule has 0 radical (unpaired) electrons. The van der Waals surface area contributed by atoms with Crippen LogP contribution in [0.2, 0.25) is 0 Å². The molecule has 0 amide bonds. The molecule has 2 aliphatic heterocycles. The predicted octanol–water partition coefficient (Wildman–Crippen LogP) is 6.52. The van der Waals surface area contributed by atoms with Gasteiger partial charge in [0.25, 0.3) is 0 Å². The molecule has 2 aromatic carbocycles. The second-order valence-corrected chi connectivity index (χ2v) is 9.11. The fraction of sp³-hybridized carbons (Fsp3) is 0.150. The number of fused-ring (bicyclic) bond motifs is 3. The molecule has 5 rings (SSSR count). The number of ether oxygens (including phenoxy) is 1. The highest BCUT2D eigenvalue weighted by Crippen LogP contribution is 2.48. The number of hydrazone groups is 1. The summed E-state index contributed by atoms with van der Waals surface area (Å²) in [5.41, 5.74) is 3.41. The number of hydrogen-bond acceptors (Lipinski definition) is 4. The summed E-state index contributed by atoms with van der Waals surface area (Å²) >= 11 is 8.84. The van der Waals surface area contributed by atoms with Crippen molar-refractivity contribution in [2.24, 2.45) is 5.10 Å². The molecule has 0 bridgehead atoms. The van der Waals surface area contributed by atoms with Crippen molar-refractivity contribution in [2.45, 2.75) is 18.7 Å². The summed E-state index contributed by atoms with van der Waals surface area (Å²) in [6.45, 7) is 0. The van der Waals surface area contributed by atoms with E-state index in [0.29, 0.717) is 0 Å². The monoisotopic (exact) mass is 488 g/mol. The molecule has 3 nitrogen and oxygen atoms in total. The maximum Gasteiger partial charge on any atom is 0.213 e. The lowest BCUT2D eigenvalue weighted by molar-refractivity contribution is -0.0190. The Balaban J connectivity index is 1.61. The van der Waals surface area contributed by atoms with Crippen molar-refractivity contribution in [1.82, 2.24) is 5.01 Å². The van der Waals surface area contributed by atoms with E-state index in [-0.39, 0.29) is 12.3 Å². The topological polar surface area (TPSA) is 24.8 Å². The van der Waals surface area contributed by atoms with Gasteiger partial charge in [0.15, 0.2) is 0 Å². The quantitative estimate of drug-likeness (QED) is 0.409. The zero-order chi connectivity index (χ0) is 17.7. The molecule has 2 aliphatic rings. The van der Waals surface area contributed by atoms with Crippen molar-refractivity contribution < 1.29 is 4.74 Å². The van der Waals surface area contributed by atoms with Gasteiger partial charge in [0.2, 0.25) is 6.23 Å². The van der Waals surface area contributed by atoms with Gasteiger partial charge >= 0.3 is 0 Å². The van der Waals surface area contributed by atoms with Gasteiger partial charge in [-0.1, -0.05) is 50.1 Å². The normalized spacial score (nSPS) is 21.0. The third kappa shape index (κ3) is 2.80. The predicted molar refractivity (Wildman–Crippen MR) is 112 cm³/mol. The first kappa shape index (κ1) is 16.5. The summed E-state index contributed by atoms with van der Waals surface area (Å²) in [4.78, 5) is 1.23. The standard InChI is InChI=1S/C20H14Br2N2OS/c21-13-5-3-12(4-6-13)20-24-17(11-16(23-24)19-2-1-9-26-19)15-10-14(22)7-8-18(15)25-20/h1-10,17,20H,11H2/t17-,20-/m1/s1. The number of benzene rings is 2. The molecule has 130 valence electrons. The Hall–Kier alpha value is -1.63. The van der Waals surface area contributed by atoms with Gasteiger partial charge in [0.05, 0.1) is 16.6 Å². The van der Waals surface area contributed by atoms with E-state index in [0.717, 1.165) is 32.4 Å². The molecule has 3 aromatic rings. The molecule has 6 heteroatoms. The van der Waals surface area contributed by atoms with Crippen LogP contribution in [-0.2, 0) is 0 Å². The van der Waals surface area contributed by atoms with Gasteiger partial charge in [0, 0.05) is 26.5 Å². The molecule has 26 heavy (non-hydrogen) atoms. The van der Waals surface area contributed by atoms with E-state index < -0.39 is 0 Å². The smallest absolute Gasteiger partial charge is 0.213 e. The van der Waals surface area contributed by atoms with Crippen LogP contribution in [0.15, 0.2) is 74.0 Å². The molecule has 0 saturated carbocycles. The van der Waals surface area contributed by atoms with Crippen LogP contribution in [-0.4, -0.2) is 10.7 Å². The molecule has 2 atom stereocenters. The summed E-state index contributed by atoms with van der Waals surface area (Å²) in [7, 11) is 0. The third-order valence-corrected chi connectivity index (χ3v) is 6.65. The minimum Gasteiger partial charge on any atom is -0.464 e. The van der Waals surface area contributed by atoms with Gasteiger partial charge in [-0.25, -0.2) is 5.01 Å². The number of halogens is 2. The van der Waals surface area contributed by atoms with Crippen molar-refractivity contribution >= 4 is 48.9 Å². The van der Waals surface area contributed by atoms with Crippen LogP contribution in [0.1, 0.15) is 34.7 Å². The van der Waals surface area contributed by atoms with Gasteiger partial charge in [0.1, 0.15) is 5.75 Å². The molecule has 0 N–H and O–H groups in total. The van der Waals surface area contributed by atoms with E-state index in [9.17, 15) is 0 Å². The second-order valence-electron chi connectivity index (χ2n) is 6.33. The Labute approximate surface area is 172 Å². The average Bonchev–Trinajstić information content (AvgIpc) is 3.32. The highest BCUT2D eigenvalue weighted by atomic mass is 79.9. The number of rotatable bonds is 2. The third-order valence-electron chi connectivity index (χ3n) is 4.71. The number of thiophene rings is 1. The van der Waals surface area contributed by atoms with E-state index in [1.54, 1.807) is 11.3 Å². The fourth-order valence-corrected chi connectivity index (χ4v) is 4.86. The van der Waals surface area contributed by atoms with Crippen LogP contribution < -0.4 is 4.74 Å². The zero-order valence-electron chi connectivity index (χ0n) is 13.6. The second kappa shape index (κ2) is 6.51. The van der Waals surface area contributed by atoms with Crippen LogP contribution in [0.5, 0.6) is 5.75 Å². The van der Waals surface area contributed by atoms with Gasteiger partial charge in [-0.15, -0.1) is 11.3 Å². The Morgan fingerprint density at radius 1 is 1.04 bits per heavy atom. The SMILES string of the molecule is Brc1ccc([C@H]2Oc3ccc(Br)cc3[C@H]3CC(c4cccs4)=NN32)cc1. The van der Waals surface area contributed by atoms with Crippen molar-refractivity contribution in [1.29, 1.82) is 0 Å². The minimum atomic E-state index is -0.223. The lowest BCUT2D eigenvalue weighted by Gasteiger charge is -2.38. The van der Waals surface area contributed by atoms with E-state index >= 15 is 0 Å². The van der Waals surface area contributed by atoms with E-state index in [4.69, 9.17) is 9.84 Å². The van der Waals surface area contributed by atoms with Crippen LogP contribution in [0.25, 0.3) is 0 Å². The van der Waals surface area contributed by atoms with Gasteiger partial charge in [-0.3, -0.25) is 0 Å². The van der Waals surface area contributed by atoms with Gasteiger partial charge < -0.3 is 4.74 Å². The molecule has 0 aliphatic carbocycles. The van der Waals surface area contributed by atoms with Gasteiger partial charge in [-0.05, 0) is 41.8 Å². The molecule has 0 fully saturated rings. The van der Waals surface area contributed by atoms with E-state index in [2.05, 4.69) is 72.6 Å². The lowest BCUT2D eigenvalue weighted by Crippen LogP contribution is -2.33. The highest BCUT2D eigenvalue weighted by Gasteiger charge is 2.41. The first-order valence-electron chi connectivity index (χ1n) is 8.30. The summed E-state index contributed by atoms with van der Waals surface area (Å²) in [6, 6.07) is 18.9. The summed E-state index contributed by atoms with van der Waals surface area (Å²) in [5.74, 6) is 0.935. The summed E-state index contributed by atoms with van der Waals surface area (Å²) < 4.78 is 8.50. The Morgan fingerprint density at radius 2 is 1.85 bits per heavy atom. The highest BCUT2D eigenvalue weighted by molar-refractivity contribution is 9.10. The number of nitrogens with zero attached hydrogens (tertiary/aromatic N) is 2. The average molecular weight is 490 g/mol. The first-order valence-corrected chi connectivity index (χ1v) is 10.8. The van der Waals surface area contributed by atoms with Crippen molar-refractivity contribution in [2.75, 3.05) is 0 Å². The Kier molecular flexibility index (Phi) is 4.14. The largest absolute Gasteiger partial charge is 0.464 e. The maximum atomic E-state index is 6.38. The van der Waals surface area contributed by atoms with Crippen LogP contribution in [0.3, 0.4) is 0 Å². The van der Waals surface area contributed by atoms with Crippen molar-refractivity contribution in [3.8, 4) is 5.75 Å². The molecule has 0 saturated heterocycles. The molecular weight excluding hydrogens is 476 g/mol. The Morgan fingerprint density at radius 3 is 2.62 bits per heavy atom. The van der Waals surface area contributed by atoms with E-state index in [1.807, 2.05) is 24.3 Å². The summed E-state index contributed by atoms with van der Waals surface area (Å²) in [5, 5.41) is 9.19. The fourth-order valence-electron chi connectivity index (χ4n) is 3.50. The van der Waals surface area contributed by atoms with Crippen LogP contribution in [0.4, 0.5) is 0 Å². The maximum absolute atomic E-state index is 6.38. The molecule has 0 spiro atoms. The summed E-state index contributed by atoms with van der Waals surface area (Å²) in [6.07, 6.45) is 0.666. The first-order chi connectivity index (χ1) is 12.7. The molecule has 3 heterocycles. The molecule has 1 aromatic heterocycles. The number of hydrogen-bond donors (Lipinski definition) is 0. The van der Waals surface area contributed by atoms with E-state index in [1.165, 1.54) is 10.4 Å². The van der Waals surface area contributed by atoms with Crippen molar-refractivity contribution in [3.63, 3.8) is 0 Å². The van der Waals surface area contributed by atoms with Gasteiger partial charge in [-0.2, -0.15) is 5.10 Å². The zero-order valence-corrected chi connectivity index (χ0v) is 17.6. The van der Waals surface area contributed by atoms with Crippen molar-refractivity contribution in [3.05, 3.63) is 84.9 Å².